The molecule has 2 atom stereocenters. The summed E-state index contributed by atoms with van der Waals surface area (Å²) in [6, 6.07) is 5.14. The van der Waals surface area contributed by atoms with Crippen LogP contribution in [0.2, 0.25) is 0 Å². The Bertz CT molecular complexity index is 558. The van der Waals surface area contributed by atoms with Crippen molar-refractivity contribution in [2.75, 3.05) is 18.6 Å². The Morgan fingerprint density at radius 3 is 2.72 bits per heavy atom. The third kappa shape index (κ3) is 2.06. The highest BCUT2D eigenvalue weighted by Crippen LogP contribution is 2.38. The number of halogens is 1. The molecule has 0 aromatic heterocycles. The van der Waals surface area contributed by atoms with E-state index < -0.39 is 15.1 Å². The molecule has 2 unspecified atom stereocenters. The predicted octanol–water partition coefficient (Wildman–Crippen LogP) is 1.81. The van der Waals surface area contributed by atoms with E-state index in [0.717, 1.165) is 10.2 Å². The molecule has 6 heteroatoms. The summed E-state index contributed by atoms with van der Waals surface area (Å²) in [5.41, 5.74) is 0.722. The van der Waals surface area contributed by atoms with Gasteiger partial charge >= 0.3 is 0 Å². The Hall–Kier alpha value is -0.590. The van der Waals surface area contributed by atoms with E-state index in [1.807, 2.05) is 31.0 Å². The second-order valence-electron chi connectivity index (χ2n) is 4.56. The highest BCUT2D eigenvalue weighted by molar-refractivity contribution is 9.10. The molecule has 1 heterocycles. The van der Waals surface area contributed by atoms with E-state index in [-0.39, 0.29) is 19.1 Å². The number of rotatable bonds is 2. The molecular formula is C12H16BrNO3S. The molecule has 0 spiro atoms. The van der Waals surface area contributed by atoms with Gasteiger partial charge in [0.15, 0.2) is 9.84 Å². The summed E-state index contributed by atoms with van der Waals surface area (Å²) in [5.74, 6) is 0. The van der Waals surface area contributed by atoms with Crippen LogP contribution in [0.4, 0.5) is 5.69 Å². The number of aliphatic hydroxyl groups excluding tert-OH is 1. The maximum absolute atomic E-state index is 12.5. The summed E-state index contributed by atoms with van der Waals surface area (Å²) in [6.45, 7) is 1.76. The normalized spacial score (nSPS) is 25.9. The summed E-state index contributed by atoms with van der Waals surface area (Å²) < 4.78 is 25.8. The van der Waals surface area contributed by atoms with Crippen LogP contribution in [-0.4, -0.2) is 38.5 Å². The quantitative estimate of drug-likeness (QED) is 0.896. The SMILES string of the molecule is CC1C(CCO)S(=O)(=O)c2cc(Br)ccc2N1C. The Balaban J connectivity index is 2.63. The standard InChI is InChI=1S/C12H16BrNO3S/c1-8-11(5-6-15)18(16,17)12-7-9(13)3-4-10(12)14(8)2/h3-4,7-8,11,15H,5-6H2,1-2H3. The van der Waals surface area contributed by atoms with Crippen LogP contribution in [0, 0.1) is 0 Å². The molecule has 1 N–H and O–H groups in total. The highest BCUT2D eigenvalue weighted by Gasteiger charge is 2.40. The average molecular weight is 334 g/mol. The van der Waals surface area contributed by atoms with Gasteiger partial charge in [-0.3, -0.25) is 0 Å². The molecule has 100 valence electrons. The number of sulfone groups is 1. The van der Waals surface area contributed by atoms with Crippen LogP contribution >= 0.6 is 15.9 Å². The molecule has 0 radical (unpaired) electrons. The second kappa shape index (κ2) is 4.83. The van der Waals surface area contributed by atoms with Gasteiger partial charge in [-0.05, 0) is 31.5 Å². The van der Waals surface area contributed by atoms with Crippen LogP contribution < -0.4 is 4.90 Å². The smallest absolute Gasteiger partial charge is 0.185 e. The maximum Gasteiger partial charge on any atom is 0.185 e. The zero-order valence-electron chi connectivity index (χ0n) is 10.3. The molecule has 1 aliphatic rings. The summed E-state index contributed by atoms with van der Waals surface area (Å²) >= 11 is 3.30. The second-order valence-corrected chi connectivity index (χ2v) is 7.61. The minimum absolute atomic E-state index is 0.120. The summed E-state index contributed by atoms with van der Waals surface area (Å²) in [6.07, 6.45) is 0.264. The number of fused-ring (bicyclic) bond motifs is 1. The van der Waals surface area contributed by atoms with Gasteiger partial charge in [-0.15, -0.1) is 0 Å². The Morgan fingerprint density at radius 2 is 2.11 bits per heavy atom. The largest absolute Gasteiger partial charge is 0.396 e. The molecule has 0 aliphatic carbocycles. The molecule has 0 fully saturated rings. The maximum atomic E-state index is 12.5. The van der Waals surface area contributed by atoms with Crippen LogP contribution in [0.5, 0.6) is 0 Å². The van der Waals surface area contributed by atoms with Crippen LogP contribution in [0.25, 0.3) is 0 Å². The summed E-state index contributed by atoms with van der Waals surface area (Å²) in [4.78, 5) is 2.30. The molecular weight excluding hydrogens is 318 g/mol. The Labute approximate surface area is 116 Å². The van der Waals surface area contributed by atoms with Gasteiger partial charge in [0.1, 0.15) is 0 Å². The van der Waals surface area contributed by atoms with E-state index in [9.17, 15) is 8.42 Å². The van der Waals surface area contributed by atoms with Crippen LogP contribution in [0.3, 0.4) is 0 Å². The van der Waals surface area contributed by atoms with E-state index in [1.54, 1.807) is 6.07 Å². The molecule has 1 aliphatic heterocycles. The van der Waals surface area contributed by atoms with E-state index in [4.69, 9.17) is 5.11 Å². The lowest BCUT2D eigenvalue weighted by atomic mass is 10.1. The lowest BCUT2D eigenvalue weighted by Gasteiger charge is -2.39. The van der Waals surface area contributed by atoms with Crippen molar-refractivity contribution in [2.45, 2.75) is 29.5 Å². The molecule has 4 nitrogen and oxygen atoms in total. The summed E-state index contributed by atoms with van der Waals surface area (Å²) in [7, 11) is -1.50. The molecule has 2 rings (SSSR count). The van der Waals surface area contributed by atoms with Crippen molar-refractivity contribution in [3.63, 3.8) is 0 Å². The molecule has 0 saturated heterocycles. The molecule has 18 heavy (non-hydrogen) atoms. The first-order chi connectivity index (χ1) is 8.39. The fourth-order valence-corrected chi connectivity index (χ4v) is 5.17. The van der Waals surface area contributed by atoms with Gasteiger partial charge in [0.25, 0.3) is 0 Å². The average Bonchev–Trinajstić information content (AvgIpc) is 2.32. The molecule has 0 amide bonds. The van der Waals surface area contributed by atoms with E-state index in [2.05, 4.69) is 15.9 Å². The van der Waals surface area contributed by atoms with Gasteiger partial charge in [0.2, 0.25) is 0 Å². The van der Waals surface area contributed by atoms with Gasteiger partial charge in [0.05, 0.1) is 15.8 Å². The molecule has 1 aromatic carbocycles. The fraction of sp³-hybridized carbons (Fsp3) is 0.500. The van der Waals surface area contributed by atoms with Gasteiger partial charge in [-0.25, -0.2) is 8.42 Å². The first kappa shape index (κ1) is 13.8. The topological polar surface area (TPSA) is 57.6 Å². The zero-order valence-corrected chi connectivity index (χ0v) is 12.7. The van der Waals surface area contributed by atoms with Crippen LogP contribution in [0.15, 0.2) is 27.6 Å². The minimum atomic E-state index is -3.38. The molecule has 0 bridgehead atoms. The number of hydrogen-bond acceptors (Lipinski definition) is 4. The van der Waals surface area contributed by atoms with Crippen molar-refractivity contribution in [3.8, 4) is 0 Å². The highest BCUT2D eigenvalue weighted by atomic mass is 79.9. The van der Waals surface area contributed by atoms with Crippen LogP contribution in [0.1, 0.15) is 13.3 Å². The van der Waals surface area contributed by atoms with Gasteiger partial charge in [0, 0.05) is 24.2 Å². The van der Waals surface area contributed by atoms with E-state index in [0.29, 0.717) is 4.90 Å². The lowest BCUT2D eigenvalue weighted by molar-refractivity contribution is 0.280. The summed E-state index contributed by atoms with van der Waals surface area (Å²) in [5, 5.41) is 8.50. The van der Waals surface area contributed by atoms with E-state index >= 15 is 0 Å². The fourth-order valence-electron chi connectivity index (χ4n) is 2.42. The first-order valence-electron chi connectivity index (χ1n) is 5.76. The van der Waals surface area contributed by atoms with Crippen molar-refractivity contribution in [1.29, 1.82) is 0 Å². The van der Waals surface area contributed by atoms with Gasteiger partial charge in [-0.2, -0.15) is 0 Å². The molecule has 0 saturated carbocycles. The first-order valence-corrected chi connectivity index (χ1v) is 8.10. The van der Waals surface area contributed by atoms with Crippen molar-refractivity contribution in [1.82, 2.24) is 0 Å². The van der Waals surface area contributed by atoms with Crippen molar-refractivity contribution in [3.05, 3.63) is 22.7 Å². The minimum Gasteiger partial charge on any atom is -0.396 e. The predicted molar refractivity (Wildman–Crippen MR) is 74.7 cm³/mol. The monoisotopic (exact) mass is 333 g/mol. The Kier molecular flexibility index (Phi) is 3.71. The Morgan fingerprint density at radius 1 is 1.44 bits per heavy atom. The van der Waals surface area contributed by atoms with Crippen molar-refractivity contribution in [2.24, 2.45) is 0 Å². The number of anilines is 1. The number of aliphatic hydroxyl groups is 1. The van der Waals surface area contributed by atoms with E-state index in [1.165, 1.54) is 0 Å². The zero-order chi connectivity index (χ0) is 13.5. The number of benzene rings is 1. The lowest BCUT2D eigenvalue weighted by Crippen LogP contribution is -2.48. The number of hydrogen-bond donors (Lipinski definition) is 1. The van der Waals surface area contributed by atoms with Crippen molar-refractivity contribution >= 4 is 31.5 Å². The number of nitrogens with zero attached hydrogens (tertiary/aromatic N) is 1. The van der Waals surface area contributed by atoms with Gasteiger partial charge < -0.3 is 10.0 Å². The van der Waals surface area contributed by atoms with Crippen LogP contribution in [-0.2, 0) is 9.84 Å². The van der Waals surface area contributed by atoms with Gasteiger partial charge in [-0.1, -0.05) is 15.9 Å². The molecule has 1 aromatic rings. The third-order valence-corrected chi connectivity index (χ3v) is 6.43. The third-order valence-electron chi connectivity index (χ3n) is 3.57. The van der Waals surface area contributed by atoms with Crippen molar-refractivity contribution < 1.29 is 13.5 Å².